The zero-order valence-corrected chi connectivity index (χ0v) is 15.8. The summed E-state index contributed by atoms with van der Waals surface area (Å²) in [5, 5.41) is 2.48. The number of hydrogen-bond donors (Lipinski definition) is 1. The molecule has 2 aliphatic rings. The Morgan fingerprint density at radius 3 is 2.29 bits per heavy atom. The van der Waals surface area contributed by atoms with E-state index < -0.39 is 17.5 Å². The molecule has 0 aromatic heterocycles. The Morgan fingerprint density at radius 1 is 1.00 bits per heavy atom. The number of benzene rings is 1. The number of amides is 3. The van der Waals surface area contributed by atoms with Crippen LogP contribution >= 0.6 is 0 Å². The van der Waals surface area contributed by atoms with Gasteiger partial charge in [-0.3, -0.25) is 14.4 Å². The molecule has 1 aromatic rings. The quantitative estimate of drug-likeness (QED) is 0.831. The van der Waals surface area contributed by atoms with E-state index in [1.54, 1.807) is 4.90 Å². The lowest BCUT2D eigenvalue weighted by Gasteiger charge is -2.36. The molecular formula is C20H25F2N3O3. The summed E-state index contributed by atoms with van der Waals surface area (Å²) >= 11 is 0. The Labute approximate surface area is 162 Å². The van der Waals surface area contributed by atoms with Crippen LogP contribution in [0.1, 0.15) is 42.5 Å². The predicted molar refractivity (Wildman–Crippen MR) is 98.4 cm³/mol. The van der Waals surface area contributed by atoms with E-state index in [2.05, 4.69) is 5.32 Å². The summed E-state index contributed by atoms with van der Waals surface area (Å²) < 4.78 is 26.5. The molecule has 6 nitrogen and oxygen atoms in total. The van der Waals surface area contributed by atoms with Gasteiger partial charge in [0.05, 0.1) is 5.56 Å². The van der Waals surface area contributed by atoms with Gasteiger partial charge in [0.15, 0.2) is 0 Å². The molecule has 0 atom stereocenters. The SMILES string of the molecule is O=C(NCCC(=O)N1CCN(C(=O)C2CCCC2)CC1)c1ccc(F)cc1F. The number of rotatable bonds is 5. The minimum atomic E-state index is -0.938. The van der Waals surface area contributed by atoms with Gasteiger partial charge in [-0.1, -0.05) is 12.8 Å². The van der Waals surface area contributed by atoms with Crippen molar-refractivity contribution in [2.24, 2.45) is 5.92 Å². The number of halogens is 2. The molecule has 28 heavy (non-hydrogen) atoms. The van der Waals surface area contributed by atoms with Crippen molar-refractivity contribution in [3.05, 3.63) is 35.4 Å². The van der Waals surface area contributed by atoms with Gasteiger partial charge in [-0.15, -0.1) is 0 Å². The highest BCUT2D eigenvalue weighted by molar-refractivity contribution is 5.94. The average molecular weight is 393 g/mol. The molecule has 2 fully saturated rings. The number of piperazine rings is 1. The van der Waals surface area contributed by atoms with E-state index in [4.69, 9.17) is 0 Å². The van der Waals surface area contributed by atoms with Crippen molar-refractivity contribution >= 4 is 17.7 Å². The van der Waals surface area contributed by atoms with Crippen molar-refractivity contribution in [2.45, 2.75) is 32.1 Å². The van der Waals surface area contributed by atoms with Crippen LogP contribution < -0.4 is 5.32 Å². The first-order valence-electron chi connectivity index (χ1n) is 9.75. The van der Waals surface area contributed by atoms with Crippen molar-refractivity contribution in [1.29, 1.82) is 0 Å². The molecule has 1 N–H and O–H groups in total. The first-order valence-corrected chi connectivity index (χ1v) is 9.75. The number of carbonyl (C=O) groups is 3. The molecule has 1 saturated carbocycles. The summed E-state index contributed by atoms with van der Waals surface area (Å²) in [5.41, 5.74) is -0.257. The average Bonchev–Trinajstić information content (AvgIpc) is 3.22. The van der Waals surface area contributed by atoms with Gasteiger partial charge >= 0.3 is 0 Å². The van der Waals surface area contributed by atoms with Crippen LogP contribution in [0.15, 0.2) is 18.2 Å². The Kier molecular flexibility index (Phi) is 6.59. The van der Waals surface area contributed by atoms with E-state index in [0.717, 1.165) is 37.8 Å². The zero-order chi connectivity index (χ0) is 20.1. The van der Waals surface area contributed by atoms with E-state index in [-0.39, 0.29) is 36.3 Å². The third-order valence-electron chi connectivity index (χ3n) is 5.45. The van der Waals surface area contributed by atoms with Crippen LogP contribution in [0.5, 0.6) is 0 Å². The maximum absolute atomic E-state index is 13.6. The molecule has 1 saturated heterocycles. The first-order chi connectivity index (χ1) is 13.5. The molecule has 8 heteroatoms. The highest BCUT2D eigenvalue weighted by atomic mass is 19.1. The summed E-state index contributed by atoms with van der Waals surface area (Å²) in [6.07, 6.45) is 4.24. The topological polar surface area (TPSA) is 69.7 Å². The van der Waals surface area contributed by atoms with E-state index in [1.165, 1.54) is 0 Å². The minimum Gasteiger partial charge on any atom is -0.351 e. The Hall–Kier alpha value is -2.51. The molecule has 0 bridgehead atoms. The molecule has 0 unspecified atom stereocenters. The molecule has 0 spiro atoms. The lowest BCUT2D eigenvalue weighted by Crippen LogP contribution is -2.52. The van der Waals surface area contributed by atoms with Gasteiger partial charge < -0.3 is 15.1 Å². The second-order valence-electron chi connectivity index (χ2n) is 7.32. The van der Waals surface area contributed by atoms with Crippen LogP contribution in [0.2, 0.25) is 0 Å². The van der Waals surface area contributed by atoms with Crippen molar-refractivity contribution in [3.8, 4) is 0 Å². The third kappa shape index (κ3) is 4.85. The van der Waals surface area contributed by atoms with Crippen molar-refractivity contribution in [3.63, 3.8) is 0 Å². The summed E-state index contributed by atoms with van der Waals surface area (Å²) in [6.45, 7) is 2.10. The fraction of sp³-hybridized carbons (Fsp3) is 0.550. The number of nitrogens with zero attached hydrogens (tertiary/aromatic N) is 2. The normalized spacial score (nSPS) is 17.6. The van der Waals surface area contributed by atoms with Gasteiger partial charge in [0.2, 0.25) is 11.8 Å². The van der Waals surface area contributed by atoms with Gasteiger partial charge in [0.25, 0.3) is 5.91 Å². The van der Waals surface area contributed by atoms with Gasteiger partial charge in [-0.25, -0.2) is 8.78 Å². The first kappa shape index (κ1) is 20.2. The molecule has 3 amide bonds. The van der Waals surface area contributed by atoms with Crippen molar-refractivity contribution in [2.75, 3.05) is 32.7 Å². The largest absolute Gasteiger partial charge is 0.351 e. The maximum Gasteiger partial charge on any atom is 0.254 e. The number of nitrogens with one attached hydrogen (secondary N) is 1. The Morgan fingerprint density at radius 2 is 1.64 bits per heavy atom. The third-order valence-corrected chi connectivity index (χ3v) is 5.45. The Bertz CT molecular complexity index is 742. The smallest absolute Gasteiger partial charge is 0.254 e. The summed E-state index contributed by atoms with van der Waals surface area (Å²) in [6, 6.07) is 2.73. The molecule has 3 rings (SSSR count). The fourth-order valence-electron chi connectivity index (χ4n) is 3.82. The van der Waals surface area contributed by atoms with Crippen LogP contribution in [0.25, 0.3) is 0 Å². The van der Waals surface area contributed by atoms with E-state index >= 15 is 0 Å². The van der Waals surface area contributed by atoms with Crippen LogP contribution in [-0.2, 0) is 9.59 Å². The van der Waals surface area contributed by atoms with Crippen LogP contribution in [0, 0.1) is 17.6 Å². The number of hydrogen-bond acceptors (Lipinski definition) is 3. The number of carbonyl (C=O) groups excluding carboxylic acids is 3. The monoisotopic (exact) mass is 393 g/mol. The van der Waals surface area contributed by atoms with E-state index in [9.17, 15) is 23.2 Å². The van der Waals surface area contributed by atoms with Crippen LogP contribution in [-0.4, -0.2) is 60.2 Å². The standard InChI is InChI=1S/C20H25F2N3O3/c21-15-5-6-16(17(22)13-15)19(27)23-8-7-18(26)24-9-11-25(12-10-24)20(28)14-3-1-2-4-14/h5-6,13-14H,1-4,7-12H2,(H,23,27). The molecule has 1 aliphatic heterocycles. The molecular weight excluding hydrogens is 368 g/mol. The van der Waals surface area contributed by atoms with Gasteiger partial charge in [-0.05, 0) is 25.0 Å². The minimum absolute atomic E-state index is 0.0652. The van der Waals surface area contributed by atoms with Crippen LogP contribution in [0.4, 0.5) is 8.78 Å². The lowest BCUT2D eigenvalue weighted by molar-refractivity contribution is -0.142. The summed E-state index contributed by atoms with van der Waals surface area (Å²) in [7, 11) is 0. The Balaban J connectivity index is 1.39. The molecule has 152 valence electrons. The predicted octanol–water partition coefficient (Wildman–Crippen LogP) is 1.95. The zero-order valence-electron chi connectivity index (χ0n) is 15.8. The fourth-order valence-corrected chi connectivity index (χ4v) is 3.82. The molecule has 1 aromatic carbocycles. The maximum atomic E-state index is 13.6. The molecule has 1 heterocycles. The summed E-state index contributed by atoms with van der Waals surface area (Å²) in [4.78, 5) is 40.2. The van der Waals surface area contributed by atoms with Gasteiger partial charge in [0, 0.05) is 51.1 Å². The van der Waals surface area contributed by atoms with Gasteiger partial charge in [0.1, 0.15) is 11.6 Å². The van der Waals surface area contributed by atoms with E-state index in [1.807, 2.05) is 4.90 Å². The van der Waals surface area contributed by atoms with Gasteiger partial charge in [-0.2, -0.15) is 0 Å². The second-order valence-corrected chi connectivity index (χ2v) is 7.32. The second kappa shape index (κ2) is 9.12. The summed E-state index contributed by atoms with van der Waals surface area (Å²) in [5.74, 6) is -2.14. The van der Waals surface area contributed by atoms with Crippen molar-refractivity contribution in [1.82, 2.24) is 15.1 Å². The molecule has 1 aliphatic carbocycles. The van der Waals surface area contributed by atoms with E-state index in [0.29, 0.717) is 32.2 Å². The van der Waals surface area contributed by atoms with Crippen LogP contribution in [0.3, 0.4) is 0 Å². The highest BCUT2D eigenvalue weighted by Crippen LogP contribution is 2.26. The lowest BCUT2D eigenvalue weighted by atomic mass is 10.1. The molecule has 0 radical (unpaired) electrons. The van der Waals surface area contributed by atoms with Crippen molar-refractivity contribution < 1.29 is 23.2 Å². The highest BCUT2D eigenvalue weighted by Gasteiger charge is 2.30.